The van der Waals surface area contributed by atoms with Crippen LogP contribution in [0.1, 0.15) is 43.9 Å². The van der Waals surface area contributed by atoms with E-state index in [1.54, 1.807) is 4.90 Å². The fourth-order valence-electron chi connectivity index (χ4n) is 3.27. The summed E-state index contributed by atoms with van der Waals surface area (Å²) in [6.07, 6.45) is -1.76. The van der Waals surface area contributed by atoms with Gasteiger partial charge in [-0.05, 0) is 31.4 Å². The molecule has 1 fully saturated rings. The van der Waals surface area contributed by atoms with E-state index in [1.807, 2.05) is 6.92 Å². The number of carbonyl (C=O) groups excluding carboxylic acids is 2. The van der Waals surface area contributed by atoms with Crippen LogP contribution in [0.15, 0.2) is 16.7 Å². The topological polar surface area (TPSA) is 84.7 Å². The summed E-state index contributed by atoms with van der Waals surface area (Å²) in [6.45, 7) is 3.16. The van der Waals surface area contributed by atoms with Gasteiger partial charge >= 0.3 is 12.2 Å². The van der Waals surface area contributed by atoms with Gasteiger partial charge in [-0.25, -0.2) is 4.79 Å². The summed E-state index contributed by atoms with van der Waals surface area (Å²) < 4.78 is 49.9. The number of halogens is 3. The van der Waals surface area contributed by atoms with Gasteiger partial charge in [-0.2, -0.15) is 13.2 Å². The number of aromatic nitrogens is 1. The Morgan fingerprint density at radius 3 is 2.76 bits per heavy atom. The molecule has 10 heteroatoms. The molecule has 0 atom stereocenters. The molecule has 158 valence electrons. The summed E-state index contributed by atoms with van der Waals surface area (Å²) in [4.78, 5) is 24.4. The average Bonchev–Trinajstić information content (AvgIpc) is 3.09. The molecule has 1 aromatic carbocycles. The van der Waals surface area contributed by atoms with E-state index in [0.717, 1.165) is 0 Å². The van der Waals surface area contributed by atoms with Gasteiger partial charge in [-0.1, -0.05) is 18.5 Å². The lowest BCUT2D eigenvalue weighted by atomic mass is 10.0. The van der Waals surface area contributed by atoms with Crippen molar-refractivity contribution in [1.82, 2.24) is 15.4 Å². The van der Waals surface area contributed by atoms with Crippen LogP contribution < -0.4 is 10.1 Å². The molecule has 0 unspecified atom stereocenters. The Balaban J connectivity index is 1.60. The number of aryl methyl sites for hydroxylation is 1. The first-order chi connectivity index (χ1) is 13.8. The molecule has 0 radical (unpaired) electrons. The molecule has 7 nitrogen and oxygen atoms in total. The van der Waals surface area contributed by atoms with E-state index in [9.17, 15) is 22.8 Å². The second-order valence-corrected chi connectivity index (χ2v) is 6.84. The van der Waals surface area contributed by atoms with Crippen LogP contribution >= 0.6 is 0 Å². The van der Waals surface area contributed by atoms with E-state index in [4.69, 9.17) is 9.26 Å². The van der Waals surface area contributed by atoms with Crippen molar-refractivity contribution in [1.29, 1.82) is 0 Å². The summed E-state index contributed by atoms with van der Waals surface area (Å²) >= 11 is 0. The van der Waals surface area contributed by atoms with Crippen LogP contribution in [0.5, 0.6) is 5.75 Å². The molecule has 2 heterocycles. The van der Waals surface area contributed by atoms with Crippen molar-refractivity contribution >= 4 is 22.9 Å². The molecule has 1 saturated heterocycles. The van der Waals surface area contributed by atoms with Crippen molar-refractivity contribution in [3.8, 4) is 5.75 Å². The predicted molar refractivity (Wildman–Crippen MR) is 97.5 cm³/mol. The van der Waals surface area contributed by atoms with Crippen LogP contribution in [0.2, 0.25) is 0 Å². The van der Waals surface area contributed by atoms with Crippen molar-refractivity contribution in [3.63, 3.8) is 0 Å². The number of benzene rings is 1. The fourth-order valence-corrected chi connectivity index (χ4v) is 3.27. The van der Waals surface area contributed by atoms with Crippen LogP contribution in [0.4, 0.5) is 18.0 Å². The van der Waals surface area contributed by atoms with Gasteiger partial charge < -0.3 is 14.2 Å². The van der Waals surface area contributed by atoms with E-state index >= 15 is 0 Å². The quantitative estimate of drug-likeness (QED) is 0.664. The van der Waals surface area contributed by atoms with Gasteiger partial charge in [0.25, 0.3) is 0 Å². The van der Waals surface area contributed by atoms with Gasteiger partial charge in [-0.3, -0.25) is 10.1 Å². The molecular formula is C19H22F3N3O4. The lowest BCUT2D eigenvalue weighted by molar-refractivity contribution is -0.141. The van der Waals surface area contributed by atoms with E-state index in [0.29, 0.717) is 63.1 Å². The lowest BCUT2D eigenvalue weighted by Gasteiger charge is -2.26. The van der Waals surface area contributed by atoms with E-state index in [-0.39, 0.29) is 22.9 Å². The van der Waals surface area contributed by atoms with Crippen molar-refractivity contribution in [3.05, 3.63) is 23.4 Å². The Morgan fingerprint density at radius 2 is 2.07 bits per heavy atom. The number of amides is 3. The van der Waals surface area contributed by atoms with Crippen molar-refractivity contribution in [2.24, 2.45) is 0 Å². The van der Waals surface area contributed by atoms with Crippen LogP contribution in [0, 0.1) is 0 Å². The molecule has 1 aromatic heterocycles. The number of ether oxygens (including phenoxy) is 1. The summed E-state index contributed by atoms with van der Waals surface area (Å²) in [7, 11) is 0. The minimum absolute atomic E-state index is 0.0704. The van der Waals surface area contributed by atoms with Gasteiger partial charge in [0, 0.05) is 25.1 Å². The first-order valence-corrected chi connectivity index (χ1v) is 9.51. The standard InChI is InChI=1S/C19H22F3N3O4/c1-2-5-12-14(7-6-13-16(12)29-24-17(13)19(20,21)22)28-11-4-3-9-25-10-8-15(26)23-18(25)27/h6-7H,2-5,8-11H2,1H3,(H,23,26,27). The Kier molecular flexibility index (Phi) is 6.29. The van der Waals surface area contributed by atoms with Gasteiger partial charge in [-0.15, -0.1) is 0 Å². The fraction of sp³-hybridized carbons (Fsp3) is 0.526. The molecule has 0 aliphatic carbocycles. The van der Waals surface area contributed by atoms with Gasteiger partial charge in [0.15, 0.2) is 11.3 Å². The number of imide groups is 1. The van der Waals surface area contributed by atoms with E-state index in [1.165, 1.54) is 12.1 Å². The summed E-state index contributed by atoms with van der Waals surface area (Å²) in [6, 6.07) is 2.45. The number of urea groups is 1. The van der Waals surface area contributed by atoms with Crippen LogP contribution in [-0.4, -0.2) is 41.7 Å². The Hall–Kier alpha value is -2.78. The molecule has 3 rings (SSSR count). The first kappa shape index (κ1) is 20.9. The molecule has 1 aliphatic rings. The predicted octanol–water partition coefficient (Wildman–Crippen LogP) is 3.90. The second kappa shape index (κ2) is 8.71. The highest BCUT2D eigenvalue weighted by atomic mass is 19.4. The van der Waals surface area contributed by atoms with Crippen LogP contribution in [0.3, 0.4) is 0 Å². The van der Waals surface area contributed by atoms with E-state index in [2.05, 4.69) is 10.5 Å². The maximum absolute atomic E-state index is 13.1. The van der Waals surface area contributed by atoms with Gasteiger partial charge in [0.05, 0.1) is 12.0 Å². The third-order valence-corrected chi connectivity index (χ3v) is 4.69. The van der Waals surface area contributed by atoms with Gasteiger partial charge in [0.1, 0.15) is 5.75 Å². The third kappa shape index (κ3) is 4.80. The Morgan fingerprint density at radius 1 is 1.28 bits per heavy atom. The number of nitrogens with zero attached hydrogens (tertiary/aromatic N) is 2. The summed E-state index contributed by atoms with van der Waals surface area (Å²) in [5.41, 5.74) is -0.358. The average molecular weight is 413 g/mol. The monoisotopic (exact) mass is 413 g/mol. The normalized spacial score (nSPS) is 15.1. The number of hydrogen-bond acceptors (Lipinski definition) is 5. The highest BCUT2D eigenvalue weighted by Crippen LogP contribution is 2.38. The second-order valence-electron chi connectivity index (χ2n) is 6.84. The molecule has 0 saturated carbocycles. The zero-order valence-corrected chi connectivity index (χ0v) is 16.0. The Labute approximate surface area is 165 Å². The maximum atomic E-state index is 13.1. The largest absolute Gasteiger partial charge is 0.493 e. The summed E-state index contributed by atoms with van der Waals surface area (Å²) in [5.74, 6) is 0.208. The summed E-state index contributed by atoms with van der Waals surface area (Å²) in [5, 5.41) is 5.40. The number of unbranched alkanes of at least 4 members (excludes halogenated alkanes) is 1. The SMILES string of the molecule is CCCc1c(OCCCCN2CCC(=O)NC2=O)ccc2c(C(F)(F)F)noc12. The Bertz CT molecular complexity index is 895. The third-order valence-electron chi connectivity index (χ3n) is 4.69. The molecular weight excluding hydrogens is 391 g/mol. The highest BCUT2D eigenvalue weighted by Gasteiger charge is 2.37. The minimum Gasteiger partial charge on any atom is -0.493 e. The molecule has 1 aliphatic heterocycles. The minimum atomic E-state index is -4.58. The van der Waals surface area contributed by atoms with Crippen molar-refractivity contribution < 1.29 is 32.0 Å². The maximum Gasteiger partial charge on any atom is 0.437 e. The molecule has 3 amide bonds. The van der Waals surface area contributed by atoms with Gasteiger partial charge in [0.2, 0.25) is 5.91 Å². The van der Waals surface area contributed by atoms with Crippen molar-refractivity contribution in [2.75, 3.05) is 19.7 Å². The lowest BCUT2D eigenvalue weighted by Crippen LogP contribution is -2.49. The first-order valence-electron chi connectivity index (χ1n) is 9.51. The highest BCUT2D eigenvalue weighted by molar-refractivity contribution is 5.96. The van der Waals surface area contributed by atoms with Crippen molar-refractivity contribution in [2.45, 2.75) is 45.2 Å². The number of hydrogen-bond donors (Lipinski definition) is 1. The van der Waals surface area contributed by atoms with Crippen LogP contribution in [0.25, 0.3) is 11.0 Å². The zero-order valence-electron chi connectivity index (χ0n) is 16.0. The zero-order chi connectivity index (χ0) is 21.0. The molecule has 2 aromatic rings. The number of alkyl halides is 3. The number of nitrogens with one attached hydrogen (secondary N) is 1. The smallest absolute Gasteiger partial charge is 0.437 e. The number of rotatable bonds is 8. The molecule has 1 N–H and O–H groups in total. The number of carbonyl (C=O) groups is 2. The van der Waals surface area contributed by atoms with Crippen LogP contribution in [-0.2, 0) is 17.4 Å². The molecule has 0 spiro atoms. The van der Waals surface area contributed by atoms with E-state index < -0.39 is 11.9 Å². The number of fused-ring (bicyclic) bond motifs is 1. The molecule has 0 bridgehead atoms. The molecule has 29 heavy (non-hydrogen) atoms.